The summed E-state index contributed by atoms with van der Waals surface area (Å²) < 4.78 is 10.7. The summed E-state index contributed by atoms with van der Waals surface area (Å²) in [5, 5.41) is 18.5. The number of nitrogens with zero attached hydrogens (tertiary/aromatic N) is 3. The number of likely N-dealkylation sites (N-methyl/N-ethyl adjacent to an activating group) is 1. The zero-order valence-electron chi connectivity index (χ0n) is 23.4. The second-order valence-corrected chi connectivity index (χ2v) is 9.73. The maximum absolute atomic E-state index is 13.1. The molecular weight excluding hydrogens is 506 g/mol. The number of ketones is 1. The Bertz CT molecular complexity index is 1150. The Morgan fingerprint density at radius 1 is 1.15 bits per heavy atom. The molecule has 12 nitrogen and oxygen atoms in total. The molecule has 214 valence electrons. The molecule has 0 aliphatic carbocycles. The molecule has 2 rings (SSSR count). The number of carboxylic acids is 1. The van der Waals surface area contributed by atoms with Gasteiger partial charge in [-0.2, -0.15) is 4.98 Å². The average molecular weight is 546 g/mol. The van der Waals surface area contributed by atoms with Crippen LogP contribution in [0.2, 0.25) is 0 Å². The molecule has 39 heavy (non-hydrogen) atoms. The molecule has 0 bridgehead atoms. The number of hydrogen-bond donors (Lipinski definition) is 3. The van der Waals surface area contributed by atoms with Crippen LogP contribution < -0.4 is 15.4 Å². The van der Waals surface area contributed by atoms with Crippen LogP contribution in [0.15, 0.2) is 22.7 Å². The van der Waals surface area contributed by atoms with E-state index in [0.717, 1.165) is 6.42 Å². The van der Waals surface area contributed by atoms with Crippen molar-refractivity contribution in [1.82, 2.24) is 25.7 Å². The van der Waals surface area contributed by atoms with E-state index in [1.807, 2.05) is 13.8 Å². The first-order valence-corrected chi connectivity index (χ1v) is 13.0. The van der Waals surface area contributed by atoms with Crippen molar-refractivity contribution in [1.29, 1.82) is 0 Å². The Labute approximate surface area is 228 Å². The van der Waals surface area contributed by atoms with Crippen LogP contribution in [0.3, 0.4) is 0 Å². The van der Waals surface area contributed by atoms with Gasteiger partial charge in [-0.15, -0.1) is 0 Å². The molecule has 0 spiro atoms. The lowest BCUT2D eigenvalue weighted by atomic mass is 10.0. The van der Waals surface area contributed by atoms with Gasteiger partial charge in [0.1, 0.15) is 11.8 Å². The number of nitrogens with one attached hydrogen (secondary N) is 2. The molecule has 3 N–H and O–H groups in total. The second kappa shape index (κ2) is 15.0. The summed E-state index contributed by atoms with van der Waals surface area (Å²) in [5.41, 5.74) is 1.16. The number of Topliss-reactive ketones (excluding diaryl/α,β-unsaturated/α-hetero) is 1. The quantitative estimate of drug-likeness (QED) is 0.284. The molecule has 0 saturated carbocycles. The number of carbonyl (C=O) groups excluding carboxylic acids is 3. The number of benzene rings is 1. The number of methoxy groups -OCH3 is 1. The van der Waals surface area contributed by atoms with E-state index >= 15 is 0 Å². The van der Waals surface area contributed by atoms with Crippen LogP contribution in [0.25, 0.3) is 11.5 Å². The standard InChI is InChI=1S/C27H39N5O7/c1-7-11-32(5)15-20(33)19(14-24(35)36)28-26(37)25(16(3)4)30-23(34)13-18-12-17(9-10-21(18)38-6)27-29-22(8-2)31-39-27/h9-10,12,16,19,25H,7-8,11,13-15H2,1-6H3,(H,28,37)(H,30,34)(H,35,36). The first kappa shape index (κ1) is 31.4. The van der Waals surface area contributed by atoms with Crippen molar-refractivity contribution >= 4 is 23.6 Å². The van der Waals surface area contributed by atoms with Gasteiger partial charge in [0.05, 0.1) is 32.5 Å². The lowest BCUT2D eigenvalue weighted by Crippen LogP contribution is -2.55. The first-order valence-electron chi connectivity index (χ1n) is 13.0. The Kier molecular flexibility index (Phi) is 12.1. The minimum Gasteiger partial charge on any atom is -0.496 e. The van der Waals surface area contributed by atoms with E-state index in [4.69, 9.17) is 9.26 Å². The molecule has 2 aromatic rings. The predicted molar refractivity (Wildman–Crippen MR) is 143 cm³/mol. The molecule has 12 heteroatoms. The summed E-state index contributed by atoms with van der Waals surface area (Å²) in [6, 6.07) is 2.94. The van der Waals surface area contributed by atoms with E-state index in [2.05, 4.69) is 20.8 Å². The molecular formula is C27H39N5O7. The molecule has 0 radical (unpaired) electrons. The van der Waals surface area contributed by atoms with Crippen molar-refractivity contribution in [2.24, 2.45) is 5.92 Å². The summed E-state index contributed by atoms with van der Waals surface area (Å²) in [6.45, 7) is 8.02. The van der Waals surface area contributed by atoms with Gasteiger partial charge in [0.25, 0.3) is 5.89 Å². The van der Waals surface area contributed by atoms with Gasteiger partial charge in [0.15, 0.2) is 11.6 Å². The fourth-order valence-electron chi connectivity index (χ4n) is 4.02. The number of hydrogen-bond acceptors (Lipinski definition) is 9. The van der Waals surface area contributed by atoms with Crippen LogP contribution in [0, 0.1) is 5.92 Å². The van der Waals surface area contributed by atoms with E-state index in [0.29, 0.717) is 41.6 Å². The highest BCUT2D eigenvalue weighted by Gasteiger charge is 2.30. The van der Waals surface area contributed by atoms with Gasteiger partial charge in [-0.1, -0.05) is 32.9 Å². The molecule has 1 aromatic carbocycles. The summed E-state index contributed by atoms with van der Waals surface area (Å²) in [5.74, 6) is -1.70. The van der Waals surface area contributed by atoms with E-state index in [1.165, 1.54) is 7.11 Å². The zero-order chi connectivity index (χ0) is 29.1. The Balaban J connectivity index is 2.17. The van der Waals surface area contributed by atoms with Crippen LogP contribution in [0.4, 0.5) is 0 Å². The van der Waals surface area contributed by atoms with Crippen LogP contribution in [-0.4, -0.2) is 83.0 Å². The number of carboxylic acid groups (broad SMARTS) is 1. The predicted octanol–water partition coefficient (Wildman–Crippen LogP) is 1.86. The first-order chi connectivity index (χ1) is 18.5. The number of rotatable bonds is 16. The van der Waals surface area contributed by atoms with E-state index in [1.54, 1.807) is 44.0 Å². The largest absolute Gasteiger partial charge is 0.496 e. The fourth-order valence-corrected chi connectivity index (χ4v) is 4.02. The van der Waals surface area contributed by atoms with Crippen molar-refractivity contribution in [3.8, 4) is 17.2 Å². The third-order valence-corrected chi connectivity index (χ3v) is 6.04. The SMILES string of the molecule is CCCN(C)CC(=O)C(CC(=O)O)NC(=O)C(NC(=O)Cc1cc(-c2nc(CC)no2)ccc1OC)C(C)C. The lowest BCUT2D eigenvalue weighted by Gasteiger charge is -2.25. The normalized spacial score (nSPS) is 12.7. The highest BCUT2D eigenvalue weighted by atomic mass is 16.5. The third kappa shape index (κ3) is 9.47. The smallest absolute Gasteiger partial charge is 0.305 e. The number of aryl methyl sites for hydroxylation is 1. The van der Waals surface area contributed by atoms with Crippen molar-refractivity contribution in [3.05, 3.63) is 29.6 Å². The number of aliphatic carboxylic acids is 1. The number of amides is 2. The van der Waals surface area contributed by atoms with E-state index < -0.39 is 42.1 Å². The molecule has 0 saturated heterocycles. The topological polar surface area (TPSA) is 164 Å². The zero-order valence-corrected chi connectivity index (χ0v) is 23.4. The molecule has 1 aromatic heterocycles. The van der Waals surface area contributed by atoms with Crippen molar-refractivity contribution in [3.63, 3.8) is 0 Å². The molecule has 0 fully saturated rings. The molecule has 2 unspecified atom stereocenters. The number of aromatic nitrogens is 2. The minimum absolute atomic E-state index is 0.000696. The maximum atomic E-state index is 13.1. The van der Waals surface area contributed by atoms with E-state index in [9.17, 15) is 24.3 Å². The Morgan fingerprint density at radius 2 is 1.87 bits per heavy atom. The lowest BCUT2D eigenvalue weighted by molar-refractivity contribution is -0.141. The summed E-state index contributed by atoms with van der Waals surface area (Å²) >= 11 is 0. The van der Waals surface area contributed by atoms with Gasteiger partial charge in [-0.3, -0.25) is 24.1 Å². The highest BCUT2D eigenvalue weighted by Crippen LogP contribution is 2.26. The van der Waals surface area contributed by atoms with Gasteiger partial charge in [0.2, 0.25) is 11.8 Å². The minimum atomic E-state index is -1.22. The van der Waals surface area contributed by atoms with Crippen molar-refractivity contribution in [2.45, 2.75) is 65.5 Å². The van der Waals surface area contributed by atoms with Crippen LogP contribution in [-0.2, 0) is 32.0 Å². The van der Waals surface area contributed by atoms with Crippen LogP contribution >= 0.6 is 0 Å². The molecule has 0 aliphatic rings. The summed E-state index contributed by atoms with van der Waals surface area (Å²) in [7, 11) is 3.24. The Morgan fingerprint density at radius 3 is 2.44 bits per heavy atom. The summed E-state index contributed by atoms with van der Waals surface area (Å²) in [4.78, 5) is 56.4. The monoisotopic (exact) mass is 545 g/mol. The fraction of sp³-hybridized carbons (Fsp3) is 0.556. The second-order valence-electron chi connectivity index (χ2n) is 9.73. The number of carbonyl (C=O) groups is 4. The molecule has 2 atom stereocenters. The third-order valence-electron chi connectivity index (χ3n) is 6.04. The Hall–Kier alpha value is -3.80. The van der Waals surface area contributed by atoms with E-state index in [-0.39, 0.29) is 18.9 Å². The van der Waals surface area contributed by atoms with Crippen LogP contribution in [0.1, 0.15) is 51.9 Å². The van der Waals surface area contributed by atoms with Crippen molar-refractivity contribution < 1.29 is 33.5 Å². The average Bonchev–Trinajstić information content (AvgIpc) is 3.36. The van der Waals surface area contributed by atoms with Gasteiger partial charge < -0.3 is 25.0 Å². The van der Waals surface area contributed by atoms with Gasteiger partial charge in [-0.05, 0) is 44.1 Å². The highest BCUT2D eigenvalue weighted by molar-refractivity contribution is 5.95. The molecule has 0 aliphatic heterocycles. The molecule has 2 amide bonds. The van der Waals surface area contributed by atoms with Crippen molar-refractivity contribution in [2.75, 3.05) is 27.2 Å². The molecule has 1 heterocycles. The van der Waals surface area contributed by atoms with Gasteiger partial charge in [0, 0.05) is 17.5 Å². The maximum Gasteiger partial charge on any atom is 0.305 e. The van der Waals surface area contributed by atoms with Crippen LogP contribution in [0.5, 0.6) is 5.75 Å². The van der Waals surface area contributed by atoms with Gasteiger partial charge >= 0.3 is 5.97 Å². The summed E-state index contributed by atoms with van der Waals surface area (Å²) in [6.07, 6.45) is 0.774. The number of ether oxygens (including phenoxy) is 1. The van der Waals surface area contributed by atoms with Gasteiger partial charge in [-0.25, -0.2) is 0 Å².